The Hall–Kier alpha value is -2.82. The number of hydrogen-bond acceptors (Lipinski definition) is 9. The Kier molecular flexibility index (Phi) is 8.15. The van der Waals surface area contributed by atoms with Crippen LogP contribution in [-0.2, 0) is 23.7 Å². The van der Waals surface area contributed by atoms with Crippen LogP contribution in [0.2, 0.25) is 0 Å². The molecule has 0 unspecified atom stereocenters. The number of carbonyl (C=O) groups excluding carboxylic acids is 2. The minimum atomic E-state index is -1.11. The van der Waals surface area contributed by atoms with Crippen molar-refractivity contribution < 1.29 is 43.5 Å². The maximum Gasteiger partial charge on any atom is 0.338 e. The van der Waals surface area contributed by atoms with Gasteiger partial charge in [-0.2, -0.15) is 0 Å². The second kappa shape index (κ2) is 11.3. The first-order chi connectivity index (χ1) is 16.8. The topological polar surface area (TPSA) is 121 Å². The molecule has 2 aromatic carbocycles. The van der Waals surface area contributed by atoms with E-state index in [1.807, 2.05) is 0 Å². The van der Waals surface area contributed by atoms with E-state index in [0.29, 0.717) is 11.1 Å². The average molecular weight is 487 g/mol. The van der Waals surface area contributed by atoms with Crippen LogP contribution in [0.4, 0.5) is 0 Å². The van der Waals surface area contributed by atoms with Crippen molar-refractivity contribution in [2.45, 2.75) is 75.9 Å². The predicted molar refractivity (Wildman–Crippen MR) is 122 cm³/mol. The van der Waals surface area contributed by atoms with Crippen LogP contribution in [-0.4, -0.2) is 71.4 Å². The molecular formula is C26H30O9. The molecule has 2 fully saturated rings. The molecule has 35 heavy (non-hydrogen) atoms. The third kappa shape index (κ3) is 6.25. The first-order valence-corrected chi connectivity index (χ1v) is 11.7. The summed E-state index contributed by atoms with van der Waals surface area (Å²) in [6, 6.07) is 17.0. The quantitative estimate of drug-likeness (QED) is 0.593. The second-order valence-corrected chi connectivity index (χ2v) is 8.75. The largest absolute Gasteiger partial charge is 0.456 e. The number of carbonyl (C=O) groups is 2. The summed E-state index contributed by atoms with van der Waals surface area (Å²) in [6.07, 6.45) is -6.70. The van der Waals surface area contributed by atoms with Gasteiger partial charge in [0, 0.05) is 12.8 Å². The van der Waals surface area contributed by atoms with E-state index in [2.05, 4.69) is 0 Å². The fraction of sp³-hybridized carbons (Fsp3) is 0.462. The Morgan fingerprint density at radius 1 is 0.771 bits per heavy atom. The number of rotatable bonds is 6. The normalized spacial score (nSPS) is 33.0. The van der Waals surface area contributed by atoms with Crippen LogP contribution in [0.5, 0.6) is 0 Å². The summed E-state index contributed by atoms with van der Waals surface area (Å²) in [6.45, 7) is 3.33. The first kappa shape index (κ1) is 25.3. The summed E-state index contributed by atoms with van der Waals surface area (Å²) in [5, 5.41) is 20.7. The SMILES string of the molecule is C[C@H]1O[C@@H](O[C@@H]2C[C@H](O)O[C@H](C)[C@H]2OC(=O)c2ccccc2)C[C@H](OC(=O)c2ccccc2)[C@H]1O. The average Bonchev–Trinajstić information content (AvgIpc) is 2.85. The number of benzene rings is 2. The highest BCUT2D eigenvalue weighted by Gasteiger charge is 2.44. The van der Waals surface area contributed by atoms with E-state index in [-0.39, 0.29) is 12.8 Å². The molecule has 2 aromatic rings. The molecule has 4 rings (SSSR count). The molecule has 0 aromatic heterocycles. The van der Waals surface area contributed by atoms with E-state index >= 15 is 0 Å². The number of ether oxygens (including phenoxy) is 5. The first-order valence-electron chi connectivity index (χ1n) is 11.7. The zero-order valence-corrected chi connectivity index (χ0v) is 19.6. The van der Waals surface area contributed by atoms with Crippen LogP contribution in [0.1, 0.15) is 47.4 Å². The summed E-state index contributed by atoms with van der Waals surface area (Å²) in [7, 11) is 0. The highest BCUT2D eigenvalue weighted by molar-refractivity contribution is 5.89. The summed E-state index contributed by atoms with van der Waals surface area (Å²) in [5.41, 5.74) is 0.744. The molecule has 2 aliphatic heterocycles. The van der Waals surface area contributed by atoms with Gasteiger partial charge in [0.05, 0.1) is 23.3 Å². The van der Waals surface area contributed by atoms with Crippen molar-refractivity contribution in [3.8, 4) is 0 Å². The van der Waals surface area contributed by atoms with Crippen molar-refractivity contribution in [3.63, 3.8) is 0 Å². The lowest BCUT2D eigenvalue weighted by Crippen LogP contribution is -2.54. The Morgan fingerprint density at radius 3 is 1.94 bits per heavy atom. The van der Waals surface area contributed by atoms with Gasteiger partial charge in [0.1, 0.15) is 18.3 Å². The molecule has 9 heteroatoms. The number of esters is 2. The molecule has 8 atom stereocenters. The molecule has 9 nitrogen and oxygen atoms in total. The van der Waals surface area contributed by atoms with Gasteiger partial charge in [-0.25, -0.2) is 9.59 Å². The maximum absolute atomic E-state index is 12.7. The Bertz CT molecular complexity index is 983. The fourth-order valence-corrected chi connectivity index (χ4v) is 4.27. The summed E-state index contributed by atoms with van der Waals surface area (Å²) in [5.74, 6) is -1.11. The van der Waals surface area contributed by atoms with E-state index in [1.54, 1.807) is 74.5 Å². The van der Waals surface area contributed by atoms with Crippen molar-refractivity contribution in [3.05, 3.63) is 71.8 Å². The smallest absolute Gasteiger partial charge is 0.338 e. The van der Waals surface area contributed by atoms with Crippen LogP contribution in [0.25, 0.3) is 0 Å². The minimum Gasteiger partial charge on any atom is -0.456 e. The van der Waals surface area contributed by atoms with Crippen molar-refractivity contribution in [2.75, 3.05) is 0 Å². The van der Waals surface area contributed by atoms with Crippen LogP contribution in [0.15, 0.2) is 60.7 Å². The zero-order valence-electron chi connectivity index (χ0n) is 19.6. The zero-order chi connectivity index (χ0) is 24.9. The monoisotopic (exact) mass is 486 g/mol. The Labute approximate surface area is 203 Å². The number of aliphatic hydroxyl groups is 2. The van der Waals surface area contributed by atoms with Gasteiger partial charge in [0.2, 0.25) is 0 Å². The van der Waals surface area contributed by atoms with Gasteiger partial charge in [-0.1, -0.05) is 36.4 Å². The number of hydrogen-bond donors (Lipinski definition) is 2. The number of aliphatic hydroxyl groups excluding tert-OH is 2. The molecule has 2 aliphatic rings. The molecule has 0 spiro atoms. The third-order valence-corrected chi connectivity index (χ3v) is 6.13. The van der Waals surface area contributed by atoms with Gasteiger partial charge in [-0.15, -0.1) is 0 Å². The van der Waals surface area contributed by atoms with Gasteiger partial charge in [-0.3, -0.25) is 0 Å². The summed E-state index contributed by atoms with van der Waals surface area (Å²) in [4.78, 5) is 25.2. The van der Waals surface area contributed by atoms with Gasteiger partial charge < -0.3 is 33.9 Å². The van der Waals surface area contributed by atoms with E-state index in [0.717, 1.165) is 0 Å². The maximum atomic E-state index is 12.7. The van der Waals surface area contributed by atoms with Crippen LogP contribution >= 0.6 is 0 Å². The molecule has 0 radical (unpaired) electrons. The molecule has 0 aliphatic carbocycles. The van der Waals surface area contributed by atoms with E-state index in [9.17, 15) is 19.8 Å². The van der Waals surface area contributed by atoms with E-state index in [1.165, 1.54) is 0 Å². The fourth-order valence-electron chi connectivity index (χ4n) is 4.27. The van der Waals surface area contributed by atoms with Crippen molar-refractivity contribution in [1.29, 1.82) is 0 Å². The van der Waals surface area contributed by atoms with Crippen molar-refractivity contribution >= 4 is 11.9 Å². The van der Waals surface area contributed by atoms with Crippen molar-refractivity contribution in [1.82, 2.24) is 0 Å². The van der Waals surface area contributed by atoms with E-state index in [4.69, 9.17) is 23.7 Å². The van der Waals surface area contributed by atoms with Crippen LogP contribution in [0, 0.1) is 0 Å². The molecule has 2 N–H and O–H groups in total. The van der Waals surface area contributed by atoms with Crippen LogP contribution in [0.3, 0.4) is 0 Å². The third-order valence-electron chi connectivity index (χ3n) is 6.13. The molecule has 0 saturated carbocycles. The minimum absolute atomic E-state index is 0.0440. The summed E-state index contributed by atoms with van der Waals surface area (Å²) >= 11 is 0. The van der Waals surface area contributed by atoms with Crippen molar-refractivity contribution in [2.24, 2.45) is 0 Å². The lowest BCUT2D eigenvalue weighted by atomic mass is 10.00. The lowest BCUT2D eigenvalue weighted by Gasteiger charge is -2.42. The van der Waals surface area contributed by atoms with Gasteiger partial charge in [-0.05, 0) is 38.1 Å². The predicted octanol–water partition coefficient (Wildman–Crippen LogP) is 2.45. The van der Waals surface area contributed by atoms with E-state index < -0.39 is 61.1 Å². The standard InChI is InChI=1S/C26H30O9/c1-15-23(28)19(34-25(29)17-9-5-3-6-10-17)14-22(32-15)33-20-13-21(27)31-16(2)24(20)35-26(30)18-11-7-4-8-12-18/h3-12,15-16,19-24,27-28H,13-14H2,1-2H3/t15-,16-,19+,20-,21-,22+,23+,24-/m1/s1. The Morgan fingerprint density at radius 2 is 1.34 bits per heavy atom. The van der Waals surface area contributed by atoms with Crippen LogP contribution < -0.4 is 0 Å². The highest BCUT2D eigenvalue weighted by Crippen LogP contribution is 2.30. The second-order valence-electron chi connectivity index (χ2n) is 8.75. The highest BCUT2D eigenvalue weighted by atomic mass is 16.7. The Balaban J connectivity index is 1.44. The molecule has 0 bridgehead atoms. The summed E-state index contributed by atoms with van der Waals surface area (Å²) < 4.78 is 28.6. The van der Waals surface area contributed by atoms with Gasteiger partial charge >= 0.3 is 11.9 Å². The molecule has 0 amide bonds. The molecule has 2 saturated heterocycles. The molecular weight excluding hydrogens is 456 g/mol. The molecule has 188 valence electrons. The molecule has 2 heterocycles. The van der Waals surface area contributed by atoms with Gasteiger partial charge in [0.25, 0.3) is 0 Å². The lowest BCUT2D eigenvalue weighted by molar-refractivity contribution is -0.300. The van der Waals surface area contributed by atoms with Gasteiger partial charge in [0.15, 0.2) is 18.7 Å².